The Bertz CT molecular complexity index is 446. The summed E-state index contributed by atoms with van der Waals surface area (Å²) in [4.78, 5) is 0.0911. The van der Waals surface area contributed by atoms with E-state index in [4.69, 9.17) is 0 Å². The monoisotopic (exact) mass is 289 g/mol. The molecule has 2 rings (SSSR count). The molecule has 0 amide bonds. The van der Waals surface area contributed by atoms with E-state index >= 15 is 0 Å². The van der Waals surface area contributed by atoms with Crippen LogP contribution in [-0.4, -0.2) is 31.6 Å². The van der Waals surface area contributed by atoms with Crippen LogP contribution in [0.4, 0.5) is 0 Å². The molecule has 1 fully saturated rings. The summed E-state index contributed by atoms with van der Waals surface area (Å²) in [5.74, 6) is 0. The number of hydrogen-bond acceptors (Lipinski definition) is 2. The van der Waals surface area contributed by atoms with E-state index in [1.165, 1.54) is 10.6 Å². The molecule has 3 atom stereocenters. The normalized spacial score (nSPS) is 27.3. The van der Waals surface area contributed by atoms with Crippen molar-refractivity contribution in [1.82, 2.24) is 4.31 Å². The maximum absolute atomic E-state index is 11.2. The molecule has 15 heavy (non-hydrogen) atoms. The maximum Gasteiger partial charge on any atom is 0.211 e. The SMILES string of the molecule is CS(=O)(=O)N1C[C@@H]1[C@H](Br)c1ccccc1. The lowest BCUT2D eigenvalue weighted by molar-refractivity contribution is 0.558. The van der Waals surface area contributed by atoms with E-state index in [0.29, 0.717) is 6.54 Å². The minimum Gasteiger partial charge on any atom is -0.212 e. The molecule has 0 aromatic heterocycles. The van der Waals surface area contributed by atoms with Gasteiger partial charge in [-0.15, -0.1) is 0 Å². The molecule has 1 heterocycles. The van der Waals surface area contributed by atoms with Gasteiger partial charge in [-0.2, -0.15) is 4.31 Å². The molecule has 82 valence electrons. The van der Waals surface area contributed by atoms with Crippen LogP contribution in [-0.2, 0) is 10.0 Å². The second-order valence-corrected chi connectivity index (χ2v) is 6.63. The largest absolute Gasteiger partial charge is 0.212 e. The smallest absolute Gasteiger partial charge is 0.211 e. The quantitative estimate of drug-likeness (QED) is 0.628. The zero-order chi connectivity index (χ0) is 11.1. The van der Waals surface area contributed by atoms with E-state index in [1.807, 2.05) is 30.3 Å². The van der Waals surface area contributed by atoms with Crippen molar-refractivity contribution >= 4 is 26.0 Å². The fourth-order valence-corrected chi connectivity index (χ4v) is 3.57. The lowest BCUT2D eigenvalue weighted by Gasteiger charge is -2.09. The highest BCUT2D eigenvalue weighted by atomic mass is 79.9. The van der Waals surface area contributed by atoms with Crippen LogP contribution >= 0.6 is 15.9 Å². The van der Waals surface area contributed by atoms with Gasteiger partial charge in [0.15, 0.2) is 0 Å². The summed E-state index contributed by atoms with van der Waals surface area (Å²) < 4.78 is 24.0. The molecule has 1 saturated heterocycles. The molecule has 0 saturated carbocycles. The average molecular weight is 290 g/mol. The summed E-state index contributed by atoms with van der Waals surface area (Å²) in [7, 11) is -3.03. The Balaban J connectivity index is 2.10. The molecule has 1 aliphatic heterocycles. The number of halogens is 1. The Morgan fingerprint density at radius 2 is 2.00 bits per heavy atom. The average Bonchev–Trinajstić information content (AvgIpc) is 2.97. The van der Waals surface area contributed by atoms with Crippen LogP contribution in [0.1, 0.15) is 10.4 Å². The van der Waals surface area contributed by atoms with Crippen LogP contribution in [0, 0.1) is 0 Å². The second kappa shape index (κ2) is 3.88. The van der Waals surface area contributed by atoms with Crippen molar-refractivity contribution in [2.75, 3.05) is 12.8 Å². The predicted octanol–water partition coefficient (Wildman–Crippen LogP) is 1.77. The fourth-order valence-electron chi connectivity index (χ4n) is 1.62. The van der Waals surface area contributed by atoms with Crippen molar-refractivity contribution in [2.24, 2.45) is 0 Å². The van der Waals surface area contributed by atoms with Gasteiger partial charge in [0.25, 0.3) is 0 Å². The molecule has 5 heteroatoms. The summed E-state index contributed by atoms with van der Waals surface area (Å²) in [6.45, 7) is 0.615. The standard InChI is InChI=1S/C10H12BrNO2S/c1-15(13,14)12-7-9(12)10(11)8-5-3-2-4-6-8/h2-6,9-10H,7H2,1H3/t9-,10-,12?/m1/s1. The molecule has 3 nitrogen and oxygen atoms in total. The van der Waals surface area contributed by atoms with Crippen molar-refractivity contribution in [3.8, 4) is 0 Å². The molecule has 0 N–H and O–H groups in total. The molecule has 0 spiro atoms. The lowest BCUT2D eigenvalue weighted by atomic mass is 10.1. The Labute approximate surface area is 98.3 Å². The van der Waals surface area contributed by atoms with Crippen LogP contribution in [0.15, 0.2) is 30.3 Å². The van der Waals surface area contributed by atoms with Crippen molar-refractivity contribution in [3.05, 3.63) is 35.9 Å². The molecule has 1 unspecified atom stereocenters. The number of hydrogen-bond donors (Lipinski definition) is 0. The Morgan fingerprint density at radius 1 is 1.40 bits per heavy atom. The molecule has 0 bridgehead atoms. The van der Waals surface area contributed by atoms with Gasteiger partial charge in [0.2, 0.25) is 10.0 Å². The molecule has 0 aliphatic carbocycles. The number of rotatable bonds is 3. The van der Waals surface area contributed by atoms with Crippen LogP contribution in [0.2, 0.25) is 0 Å². The summed E-state index contributed by atoms with van der Waals surface area (Å²) in [6, 6.07) is 9.93. The van der Waals surface area contributed by atoms with Gasteiger partial charge in [-0.05, 0) is 5.56 Å². The first-order chi connectivity index (χ1) is 7.00. The van der Waals surface area contributed by atoms with Gasteiger partial charge in [0.1, 0.15) is 0 Å². The highest BCUT2D eigenvalue weighted by Gasteiger charge is 2.46. The highest BCUT2D eigenvalue weighted by Crippen LogP contribution is 2.39. The highest BCUT2D eigenvalue weighted by molar-refractivity contribution is 9.09. The molecule has 1 aromatic carbocycles. The van der Waals surface area contributed by atoms with E-state index < -0.39 is 10.0 Å². The molecule has 1 aliphatic rings. The van der Waals surface area contributed by atoms with Gasteiger partial charge in [-0.25, -0.2) is 8.42 Å². The minimum absolute atomic E-state index is 0.0717. The third-order valence-corrected chi connectivity index (χ3v) is 4.90. The number of alkyl halides is 1. The van der Waals surface area contributed by atoms with Crippen LogP contribution in [0.5, 0.6) is 0 Å². The second-order valence-electron chi connectivity index (χ2n) is 3.71. The predicted molar refractivity (Wildman–Crippen MR) is 63.4 cm³/mol. The zero-order valence-corrected chi connectivity index (χ0v) is 10.7. The summed E-state index contributed by atoms with van der Waals surface area (Å²) in [5, 5.41) is 0. The van der Waals surface area contributed by atoms with Crippen molar-refractivity contribution in [2.45, 2.75) is 10.9 Å². The van der Waals surface area contributed by atoms with E-state index in [0.717, 1.165) is 5.56 Å². The number of nitrogens with zero attached hydrogens (tertiary/aromatic N) is 1. The van der Waals surface area contributed by atoms with Gasteiger partial charge in [0, 0.05) is 6.54 Å². The molecular weight excluding hydrogens is 278 g/mol. The Hall–Kier alpha value is -0.390. The molecule has 0 radical (unpaired) electrons. The lowest BCUT2D eigenvalue weighted by Crippen LogP contribution is -2.14. The third-order valence-electron chi connectivity index (χ3n) is 2.49. The molecular formula is C10H12BrNO2S. The van der Waals surface area contributed by atoms with Crippen LogP contribution < -0.4 is 0 Å². The van der Waals surface area contributed by atoms with Gasteiger partial charge in [0.05, 0.1) is 17.1 Å². The number of benzene rings is 1. The first-order valence-corrected chi connectivity index (χ1v) is 7.42. The first kappa shape index (κ1) is 11.1. The zero-order valence-electron chi connectivity index (χ0n) is 8.30. The van der Waals surface area contributed by atoms with Gasteiger partial charge in [-0.1, -0.05) is 46.3 Å². The molecule has 1 aromatic rings. The van der Waals surface area contributed by atoms with Crippen molar-refractivity contribution in [1.29, 1.82) is 0 Å². The van der Waals surface area contributed by atoms with Gasteiger partial charge in [-0.3, -0.25) is 0 Å². The maximum atomic E-state index is 11.2. The number of sulfonamides is 1. The Morgan fingerprint density at radius 3 is 2.47 bits per heavy atom. The van der Waals surface area contributed by atoms with Crippen LogP contribution in [0.3, 0.4) is 0 Å². The summed E-state index contributed by atoms with van der Waals surface area (Å²) in [5.41, 5.74) is 1.12. The van der Waals surface area contributed by atoms with E-state index in [9.17, 15) is 8.42 Å². The van der Waals surface area contributed by atoms with E-state index in [-0.39, 0.29) is 10.9 Å². The van der Waals surface area contributed by atoms with Crippen molar-refractivity contribution < 1.29 is 8.42 Å². The van der Waals surface area contributed by atoms with Gasteiger partial charge < -0.3 is 0 Å². The summed E-state index contributed by atoms with van der Waals surface area (Å²) >= 11 is 3.54. The van der Waals surface area contributed by atoms with Crippen LogP contribution in [0.25, 0.3) is 0 Å². The van der Waals surface area contributed by atoms with Gasteiger partial charge >= 0.3 is 0 Å². The topological polar surface area (TPSA) is 37.1 Å². The minimum atomic E-state index is -3.03. The van der Waals surface area contributed by atoms with E-state index in [2.05, 4.69) is 15.9 Å². The third kappa shape index (κ3) is 2.41. The Kier molecular flexibility index (Phi) is 2.87. The summed E-state index contributed by atoms with van der Waals surface area (Å²) in [6.07, 6.45) is 1.25. The van der Waals surface area contributed by atoms with E-state index in [1.54, 1.807) is 0 Å². The first-order valence-electron chi connectivity index (χ1n) is 4.66. The fraction of sp³-hybridized carbons (Fsp3) is 0.400. The van der Waals surface area contributed by atoms with Crippen molar-refractivity contribution in [3.63, 3.8) is 0 Å².